The molecule has 0 bridgehead atoms. The van der Waals surface area contributed by atoms with Crippen LogP contribution in [0.5, 0.6) is 0 Å². The van der Waals surface area contributed by atoms with Gasteiger partial charge < -0.3 is 14.6 Å². The number of rotatable bonds is 5. The molecule has 0 atom stereocenters. The standard InChI is InChI=1S/C34H24BN3O2/c39-35(40)29-19-10-18-28-27-17-7-8-20-32(27)38(33(28)29)26-16-9-15-25(21-26)31-22-30(23-11-3-1-4-12-23)36-34(37-31)24-13-5-2-6-14-24/h1-22,39-40H. The Morgan fingerprint density at radius 2 is 1.12 bits per heavy atom. The Hall–Kier alpha value is -5.04. The molecular weight excluding hydrogens is 493 g/mol. The molecule has 0 spiro atoms. The highest BCUT2D eigenvalue weighted by Gasteiger charge is 2.21. The van der Waals surface area contributed by atoms with Crippen molar-refractivity contribution in [2.45, 2.75) is 0 Å². The first kappa shape index (κ1) is 24.0. The number of para-hydroxylation sites is 2. The van der Waals surface area contributed by atoms with E-state index in [4.69, 9.17) is 9.97 Å². The predicted molar refractivity (Wildman–Crippen MR) is 163 cm³/mol. The summed E-state index contributed by atoms with van der Waals surface area (Å²) in [4.78, 5) is 9.90. The van der Waals surface area contributed by atoms with Crippen molar-refractivity contribution in [3.8, 4) is 39.6 Å². The molecule has 0 unspecified atom stereocenters. The third-order valence-corrected chi connectivity index (χ3v) is 7.23. The Morgan fingerprint density at radius 3 is 1.88 bits per heavy atom. The molecule has 190 valence electrons. The molecule has 0 saturated heterocycles. The van der Waals surface area contributed by atoms with Gasteiger partial charge in [-0.1, -0.05) is 109 Å². The highest BCUT2D eigenvalue weighted by atomic mass is 16.4. The van der Waals surface area contributed by atoms with Crippen LogP contribution >= 0.6 is 0 Å². The molecule has 0 aliphatic heterocycles. The van der Waals surface area contributed by atoms with Crippen LogP contribution in [-0.4, -0.2) is 31.7 Å². The van der Waals surface area contributed by atoms with Crippen LogP contribution in [0, 0.1) is 0 Å². The SMILES string of the molecule is OB(O)c1cccc2c3ccccc3n(-c3cccc(-c4cc(-c5ccccc5)nc(-c5ccccc5)n4)c3)c12. The Labute approximate surface area is 231 Å². The van der Waals surface area contributed by atoms with Gasteiger partial charge in [0.2, 0.25) is 0 Å². The Kier molecular flexibility index (Phi) is 5.97. The van der Waals surface area contributed by atoms with E-state index in [0.29, 0.717) is 11.3 Å². The first-order valence-electron chi connectivity index (χ1n) is 13.2. The summed E-state index contributed by atoms with van der Waals surface area (Å²) in [7, 11) is -1.60. The number of aromatic nitrogens is 3. The molecule has 0 fully saturated rings. The van der Waals surface area contributed by atoms with Crippen LogP contribution in [0.4, 0.5) is 0 Å². The van der Waals surface area contributed by atoms with Crippen molar-refractivity contribution >= 4 is 34.4 Å². The Morgan fingerprint density at radius 1 is 0.525 bits per heavy atom. The van der Waals surface area contributed by atoms with Gasteiger partial charge in [-0.3, -0.25) is 0 Å². The van der Waals surface area contributed by atoms with Crippen LogP contribution in [0.25, 0.3) is 61.4 Å². The van der Waals surface area contributed by atoms with Crippen molar-refractivity contribution in [1.82, 2.24) is 14.5 Å². The van der Waals surface area contributed by atoms with Gasteiger partial charge in [-0.15, -0.1) is 0 Å². The van der Waals surface area contributed by atoms with Crippen LogP contribution in [0.1, 0.15) is 0 Å². The molecule has 7 rings (SSSR count). The molecule has 40 heavy (non-hydrogen) atoms. The topological polar surface area (TPSA) is 71.2 Å². The summed E-state index contributed by atoms with van der Waals surface area (Å²) in [6, 6.07) is 44.1. The zero-order valence-electron chi connectivity index (χ0n) is 21.5. The first-order valence-corrected chi connectivity index (χ1v) is 13.2. The van der Waals surface area contributed by atoms with Crippen molar-refractivity contribution in [1.29, 1.82) is 0 Å². The molecule has 0 radical (unpaired) electrons. The molecule has 2 heterocycles. The average molecular weight is 517 g/mol. The molecule has 7 aromatic rings. The maximum Gasteiger partial charge on any atom is 0.490 e. The summed E-state index contributed by atoms with van der Waals surface area (Å²) >= 11 is 0. The molecule has 0 amide bonds. The van der Waals surface area contributed by atoms with Crippen LogP contribution in [0.15, 0.2) is 133 Å². The molecule has 0 aliphatic rings. The van der Waals surface area contributed by atoms with E-state index in [9.17, 15) is 10.0 Å². The van der Waals surface area contributed by atoms with Gasteiger partial charge in [-0.2, -0.15) is 0 Å². The summed E-state index contributed by atoms with van der Waals surface area (Å²) in [6.07, 6.45) is 0. The third kappa shape index (κ3) is 4.16. The van der Waals surface area contributed by atoms with Crippen molar-refractivity contribution < 1.29 is 10.0 Å². The molecule has 5 aromatic carbocycles. The predicted octanol–water partition coefficient (Wildman–Crippen LogP) is 6.25. The van der Waals surface area contributed by atoms with E-state index >= 15 is 0 Å². The van der Waals surface area contributed by atoms with Crippen LogP contribution in [0.2, 0.25) is 0 Å². The highest BCUT2D eigenvalue weighted by Crippen LogP contribution is 2.33. The van der Waals surface area contributed by atoms with E-state index in [2.05, 4.69) is 34.9 Å². The number of hydrogen-bond donors (Lipinski definition) is 2. The summed E-state index contributed by atoms with van der Waals surface area (Å²) in [5.41, 5.74) is 7.66. The van der Waals surface area contributed by atoms with Gasteiger partial charge in [0.1, 0.15) is 0 Å². The second-order valence-electron chi connectivity index (χ2n) is 9.71. The molecule has 5 nitrogen and oxygen atoms in total. The van der Waals surface area contributed by atoms with E-state index in [1.54, 1.807) is 6.07 Å². The minimum atomic E-state index is -1.60. The number of benzene rings is 5. The zero-order valence-corrected chi connectivity index (χ0v) is 21.5. The second-order valence-corrected chi connectivity index (χ2v) is 9.71. The van der Waals surface area contributed by atoms with Crippen LogP contribution in [0.3, 0.4) is 0 Å². The van der Waals surface area contributed by atoms with E-state index < -0.39 is 7.12 Å². The Bertz CT molecular complexity index is 1930. The maximum atomic E-state index is 10.3. The first-order chi connectivity index (χ1) is 19.7. The van der Waals surface area contributed by atoms with Crippen LogP contribution < -0.4 is 5.46 Å². The van der Waals surface area contributed by atoms with Crippen molar-refractivity contribution in [3.63, 3.8) is 0 Å². The number of nitrogens with zero attached hydrogens (tertiary/aromatic N) is 3. The lowest BCUT2D eigenvalue weighted by Crippen LogP contribution is -2.31. The Balaban J connectivity index is 1.46. The van der Waals surface area contributed by atoms with Gasteiger partial charge in [0.15, 0.2) is 5.82 Å². The third-order valence-electron chi connectivity index (χ3n) is 7.23. The van der Waals surface area contributed by atoms with Gasteiger partial charge in [0.25, 0.3) is 0 Å². The number of hydrogen-bond acceptors (Lipinski definition) is 4. The lowest BCUT2D eigenvalue weighted by molar-refractivity contribution is 0.426. The molecule has 2 aromatic heterocycles. The fourth-order valence-electron chi connectivity index (χ4n) is 5.39. The fraction of sp³-hybridized carbons (Fsp3) is 0. The summed E-state index contributed by atoms with van der Waals surface area (Å²) in [5, 5.41) is 22.5. The maximum absolute atomic E-state index is 10.3. The molecule has 0 saturated carbocycles. The van der Waals surface area contributed by atoms with Crippen molar-refractivity contribution in [2.24, 2.45) is 0 Å². The summed E-state index contributed by atoms with van der Waals surface area (Å²) in [5.74, 6) is 0.657. The largest absolute Gasteiger partial charge is 0.490 e. The quantitative estimate of drug-likeness (QED) is 0.265. The molecule has 6 heteroatoms. The smallest absolute Gasteiger partial charge is 0.423 e. The van der Waals surface area contributed by atoms with Gasteiger partial charge in [0, 0.05) is 38.6 Å². The molecular formula is C34H24BN3O2. The summed E-state index contributed by atoms with van der Waals surface area (Å²) in [6.45, 7) is 0. The minimum Gasteiger partial charge on any atom is -0.423 e. The van der Waals surface area contributed by atoms with E-state index in [1.165, 1.54) is 0 Å². The van der Waals surface area contributed by atoms with Crippen LogP contribution in [-0.2, 0) is 0 Å². The normalized spacial score (nSPS) is 11.2. The fourth-order valence-corrected chi connectivity index (χ4v) is 5.39. The van der Waals surface area contributed by atoms with Crippen molar-refractivity contribution in [2.75, 3.05) is 0 Å². The number of fused-ring (bicyclic) bond motifs is 3. The van der Waals surface area contributed by atoms with Gasteiger partial charge in [-0.05, 0) is 24.3 Å². The zero-order chi connectivity index (χ0) is 27.1. The minimum absolute atomic E-state index is 0.457. The van der Waals surface area contributed by atoms with E-state index in [1.807, 2.05) is 97.1 Å². The second kappa shape index (κ2) is 9.93. The highest BCUT2D eigenvalue weighted by molar-refractivity contribution is 6.62. The van der Waals surface area contributed by atoms with E-state index in [-0.39, 0.29) is 0 Å². The van der Waals surface area contributed by atoms with E-state index in [0.717, 1.165) is 55.6 Å². The average Bonchev–Trinajstić information content (AvgIpc) is 3.36. The summed E-state index contributed by atoms with van der Waals surface area (Å²) < 4.78 is 2.10. The van der Waals surface area contributed by atoms with Gasteiger partial charge in [-0.25, -0.2) is 9.97 Å². The van der Waals surface area contributed by atoms with Gasteiger partial charge >= 0.3 is 7.12 Å². The monoisotopic (exact) mass is 517 g/mol. The molecule has 2 N–H and O–H groups in total. The molecule has 0 aliphatic carbocycles. The van der Waals surface area contributed by atoms with Crippen molar-refractivity contribution in [3.05, 3.63) is 133 Å². The lowest BCUT2D eigenvalue weighted by Gasteiger charge is -2.13. The van der Waals surface area contributed by atoms with Gasteiger partial charge in [0.05, 0.1) is 22.4 Å². The lowest BCUT2D eigenvalue weighted by atomic mass is 9.79.